The van der Waals surface area contributed by atoms with Crippen LogP contribution in [0.15, 0.2) is 12.2 Å². The topological polar surface area (TPSA) is 29.1 Å². The lowest BCUT2D eigenvalue weighted by Gasteiger charge is -2.37. The van der Waals surface area contributed by atoms with E-state index in [4.69, 9.17) is 0 Å². The van der Waals surface area contributed by atoms with Crippen molar-refractivity contribution in [3.63, 3.8) is 0 Å². The van der Waals surface area contributed by atoms with Gasteiger partial charge in [0, 0.05) is 18.0 Å². The highest BCUT2D eigenvalue weighted by atomic mass is 19.4. The number of hydrogen-bond donors (Lipinski definition) is 1. The fourth-order valence-corrected chi connectivity index (χ4v) is 1.87. The molecule has 0 aliphatic carbocycles. The van der Waals surface area contributed by atoms with Crippen molar-refractivity contribution in [2.24, 2.45) is 5.92 Å². The van der Waals surface area contributed by atoms with Crippen molar-refractivity contribution in [2.45, 2.75) is 57.1 Å². The van der Waals surface area contributed by atoms with Gasteiger partial charge in [-0.1, -0.05) is 26.3 Å². The Balaban J connectivity index is 5.71. The van der Waals surface area contributed by atoms with Crippen molar-refractivity contribution in [3.05, 3.63) is 12.2 Å². The molecule has 0 rings (SSSR count). The minimum absolute atomic E-state index is 0.142. The molecular formula is C14H18F9NO. The van der Waals surface area contributed by atoms with Gasteiger partial charge in [-0.25, -0.2) is 0 Å². The number of carbonyl (C=O) groups is 1. The van der Waals surface area contributed by atoms with E-state index in [9.17, 15) is 44.3 Å². The molecule has 0 saturated heterocycles. The summed E-state index contributed by atoms with van der Waals surface area (Å²) in [5.41, 5.74) is -0.176. The monoisotopic (exact) mass is 387 g/mol. The molecule has 11 heteroatoms. The van der Waals surface area contributed by atoms with Gasteiger partial charge in [0.2, 0.25) is 5.91 Å². The minimum atomic E-state index is -6.94. The summed E-state index contributed by atoms with van der Waals surface area (Å²) in [6.45, 7) is 4.60. The van der Waals surface area contributed by atoms with E-state index in [0.717, 1.165) is 0 Å². The third-order valence-corrected chi connectivity index (χ3v) is 3.48. The van der Waals surface area contributed by atoms with E-state index >= 15 is 0 Å². The molecule has 0 aliphatic heterocycles. The Labute approximate surface area is 138 Å². The molecule has 1 amide bonds. The van der Waals surface area contributed by atoms with Crippen LogP contribution in [-0.2, 0) is 4.79 Å². The average molecular weight is 387 g/mol. The predicted octanol–water partition coefficient (Wildman–Crippen LogP) is 4.95. The average Bonchev–Trinajstić information content (AvgIpc) is 2.44. The zero-order valence-corrected chi connectivity index (χ0v) is 13.4. The number of amides is 1. The predicted molar refractivity (Wildman–Crippen MR) is 71.7 cm³/mol. The second-order valence-corrected chi connectivity index (χ2v) is 5.60. The maximum atomic E-state index is 14.0. The first kappa shape index (κ1) is 23.6. The molecule has 0 aromatic carbocycles. The molecule has 148 valence electrons. The summed E-state index contributed by atoms with van der Waals surface area (Å²) >= 11 is 0. The lowest BCUT2D eigenvalue weighted by molar-refractivity contribution is -0.403. The highest BCUT2D eigenvalue weighted by Crippen LogP contribution is 2.55. The molecule has 0 aromatic heterocycles. The SMILES string of the molecule is C=C(C)C(=O)NCC(CCCC)C(F)(F)C(F)(F)C(F)(F)C(F)(F)F. The van der Waals surface area contributed by atoms with Gasteiger partial charge in [-0.15, -0.1) is 0 Å². The quantitative estimate of drug-likeness (QED) is 0.440. The van der Waals surface area contributed by atoms with Crippen LogP contribution in [0.2, 0.25) is 0 Å². The molecule has 0 bridgehead atoms. The maximum Gasteiger partial charge on any atom is 0.460 e. The number of carbonyl (C=O) groups excluding carboxylic acids is 1. The first-order valence-corrected chi connectivity index (χ1v) is 7.17. The largest absolute Gasteiger partial charge is 0.460 e. The standard InChI is InChI=1S/C14H18F9NO/c1-4-5-6-9(7-24-10(25)8(2)3)11(15,16)12(17,18)13(19,20)14(21,22)23/h9H,2,4-7H2,1,3H3,(H,24,25). The zero-order valence-electron chi connectivity index (χ0n) is 13.4. The van der Waals surface area contributed by atoms with Crippen molar-refractivity contribution in [2.75, 3.05) is 6.54 Å². The molecule has 1 atom stereocenters. The Morgan fingerprint density at radius 1 is 1.00 bits per heavy atom. The fourth-order valence-electron chi connectivity index (χ4n) is 1.87. The van der Waals surface area contributed by atoms with Crippen LogP contribution >= 0.6 is 0 Å². The normalized spacial score (nSPS) is 15.0. The van der Waals surface area contributed by atoms with Gasteiger partial charge in [0.15, 0.2) is 0 Å². The molecule has 0 radical (unpaired) electrons. The van der Waals surface area contributed by atoms with Crippen LogP contribution in [0.25, 0.3) is 0 Å². The first-order valence-electron chi connectivity index (χ1n) is 7.17. The van der Waals surface area contributed by atoms with Gasteiger partial charge in [-0.2, -0.15) is 39.5 Å². The Morgan fingerprint density at radius 3 is 1.84 bits per heavy atom. The lowest BCUT2D eigenvalue weighted by Crippen LogP contribution is -2.64. The highest BCUT2D eigenvalue weighted by molar-refractivity contribution is 5.92. The summed E-state index contributed by atoms with van der Waals surface area (Å²) in [6.07, 6.45) is -7.60. The summed E-state index contributed by atoms with van der Waals surface area (Å²) in [4.78, 5) is 11.3. The van der Waals surface area contributed by atoms with Crippen LogP contribution in [-0.4, -0.2) is 36.4 Å². The Hall–Kier alpha value is -1.42. The van der Waals surface area contributed by atoms with E-state index < -0.39 is 48.7 Å². The first-order chi connectivity index (χ1) is 11.0. The van der Waals surface area contributed by atoms with E-state index in [1.54, 1.807) is 5.32 Å². The summed E-state index contributed by atoms with van der Waals surface area (Å²) in [7, 11) is 0. The number of alkyl halides is 9. The molecule has 0 saturated carbocycles. The fraction of sp³-hybridized carbons (Fsp3) is 0.786. The van der Waals surface area contributed by atoms with Crippen LogP contribution < -0.4 is 5.32 Å². The second kappa shape index (κ2) is 7.86. The van der Waals surface area contributed by atoms with Gasteiger partial charge in [0.1, 0.15) is 0 Å². The van der Waals surface area contributed by atoms with Crippen LogP contribution in [0.5, 0.6) is 0 Å². The van der Waals surface area contributed by atoms with Gasteiger partial charge < -0.3 is 5.32 Å². The molecule has 0 heterocycles. The van der Waals surface area contributed by atoms with Gasteiger partial charge in [0.25, 0.3) is 0 Å². The molecule has 1 N–H and O–H groups in total. The van der Waals surface area contributed by atoms with Crippen molar-refractivity contribution < 1.29 is 44.3 Å². The van der Waals surface area contributed by atoms with Crippen molar-refractivity contribution >= 4 is 5.91 Å². The van der Waals surface area contributed by atoms with Crippen LogP contribution in [0, 0.1) is 5.92 Å². The highest BCUT2D eigenvalue weighted by Gasteiger charge is 2.82. The molecular weight excluding hydrogens is 369 g/mol. The van der Waals surface area contributed by atoms with Gasteiger partial charge >= 0.3 is 23.9 Å². The summed E-state index contributed by atoms with van der Waals surface area (Å²) in [6, 6.07) is 0. The van der Waals surface area contributed by atoms with E-state index in [1.807, 2.05) is 0 Å². The summed E-state index contributed by atoms with van der Waals surface area (Å²) < 4.78 is 117. The summed E-state index contributed by atoms with van der Waals surface area (Å²) in [5.74, 6) is -23.0. The molecule has 0 fully saturated rings. The number of nitrogens with one attached hydrogen (secondary N) is 1. The Kier molecular flexibility index (Phi) is 7.41. The number of hydrogen-bond acceptors (Lipinski definition) is 1. The van der Waals surface area contributed by atoms with Crippen molar-refractivity contribution in [1.29, 1.82) is 0 Å². The smallest absolute Gasteiger partial charge is 0.352 e. The van der Waals surface area contributed by atoms with Crippen LogP contribution in [0.1, 0.15) is 33.1 Å². The number of rotatable bonds is 9. The molecule has 1 unspecified atom stereocenters. The van der Waals surface area contributed by atoms with Gasteiger partial charge in [-0.3, -0.25) is 4.79 Å². The molecule has 0 aliphatic rings. The second-order valence-electron chi connectivity index (χ2n) is 5.60. The van der Waals surface area contributed by atoms with E-state index in [2.05, 4.69) is 6.58 Å². The minimum Gasteiger partial charge on any atom is -0.352 e. The number of unbranched alkanes of at least 4 members (excludes halogenated alkanes) is 1. The molecule has 2 nitrogen and oxygen atoms in total. The molecule has 0 spiro atoms. The molecule has 0 aromatic rings. The molecule has 25 heavy (non-hydrogen) atoms. The summed E-state index contributed by atoms with van der Waals surface area (Å²) in [5, 5.41) is 1.78. The van der Waals surface area contributed by atoms with Crippen LogP contribution in [0.3, 0.4) is 0 Å². The van der Waals surface area contributed by atoms with Crippen LogP contribution in [0.4, 0.5) is 39.5 Å². The lowest BCUT2D eigenvalue weighted by atomic mass is 9.87. The van der Waals surface area contributed by atoms with Gasteiger partial charge in [-0.05, 0) is 13.3 Å². The third kappa shape index (κ3) is 4.81. The Bertz CT molecular complexity index is 485. The third-order valence-electron chi connectivity index (χ3n) is 3.48. The Morgan fingerprint density at radius 2 is 1.48 bits per heavy atom. The van der Waals surface area contributed by atoms with Gasteiger partial charge in [0.05, 0.1) is 0 Å². The van der Waals surface area contributed by atoms with E-state index in [0.29, 0.717) is 0 Å². The van der Waals surface area contributed by atoms with E-state index in [1.165, 1.54) is 13.8 Å². The van der Waals surface area contributed by atoms with Crippen molar-refractivity contribution in [1.82, 2.24) is 5.32 Å². The van der Waals surface area contributed by atoms with E-state index in [-0.39, 0.29) is 18.4 Å². The van der Waals surface area contributed by atoms with Crippen molar-refractivity contribution in [3.8, 4) is 0 Å². The maximum absolute atomic E-state index is 14.0. The zero-order chi connectivity index (χ0) is 20.3. The number of halogens is 9.